The summed E-state index contributed by atoms with van der Waals surface area (Å²) in [4.78, 5) is 0. The van der Waals surface area contributed by atoms with Crippen LogP contribution in [0.15, 0.2) is 0 Å². The van der Waals surface area contributed by atoms with E-state index in [2.05, 4.69) is 0 Å². The molecule has 0 N–H and O–H groups in total. The largest absolute Gasteiger partial charge is 0.358 e. The molecule has 0 nitrogen and oxygen atoms in total. The van der Waals surface area contributed by atoms with Gasteiger partial charge in [0.25, 0.3) is 0 Å². The summed E-state index contributed by atoms with van der Waals surface area (Å²) < 4.78 is 0. The van der Waals surface area contributed by atoms with Crippen molar-refractivity contribution in [1.82, 2.24) is 0 Å². The van der Waals surface area contributed by atoms with Crippen LogP contribution in [0.25, 0.3) is 0 Å². The predicted octanol–water partition coefficient (Wildman–Crippen LogP) is 0.393. The van der Waals surface area contributed by atoms with Gasteiger partial charge in [-0.15, -0.1) is 0 Å². The van der Waals surface area contributed by atoms with Crippen molar-refractivity contribution in [2.45, 2.75) is 0 Å². The van der Waals surface area contributed by atoms with E-state index in [0.717, 1.165) is 0 Å². The minimum Gasteiger partial charge on any atom is -0.358 e. The van der Waals surface area contributed by atoms with Crippen LogP contribution in [0.5, 0.6) is 0 Å². The Labute approximate surface area is 717 Å². The third kappa shape index (κ3) is 159. The summed E-state index contributed by atoms with van der Waals surface area (Å²) in [5, 5.41) is 0. The van der Waals surface area contributed by atoms with Gasteiger partial charge in [-0.25, -0.2) is 0 Å². The van der Waals surface area contributed by atoms with E-state index in [4.69, 9.17) is 0 Å². The van der Waals surface area contributed by atoms with E-state index >= 15 is 0 Å². The van der Waals surface area contributed by atoms with Crippen molar-refractivity contribution in [2.24, 2.45) is 0 Å². The molecule has 0 aromatic heterocycles. The van der Waals surface area contributed by atoms with Crippen LogP contribution in [0.3, 0.4) is 0 Å². The molecule has 79 valence electrons. The van der Waals surface area contributed by atoms with Crippen LogP contribution in [-0.4, -0.2) is 0 Å². The quantitative estimate of drug-likeness (QED) is 0.309. The normalized spacial score (nSPS) is 0. The van der Waals surface area contributed by atoms with E-state index in [1.807, 2.05) is 0 Å². The Bertz CT molecular complexity index is 11.9. The molecule has 0 aliphatic rings. The molecule has 0 bridgehead atoms. The van der Waals surface area contributed by atoms with E-state index < -0.39 is 0 Å². The van der Waals surface area contributed by atoms with Crippen LogP contribution in [-0.2, 0) is 738 Å². The summed E-state index contributed by atoms with van der Waals surface area (Å²) >= 11 is 0. The van der Waals surface area contributed by atoms with Crippen LogP contribution < -0.4 is 0 Å². The van der Waals surface area contributed by atoms with Crippen molar-refractivity contribution in [2.75, 3.05) is 0 Å². The molecule has 0 saturated carbocycles. The minimum atomic E-state index is 0. The molecular formula is CH3VY22-. The molecule has 0 spiro atoms. The third-order valence-corrected chi connectivity index (χ3v) is 0. The fourth-order valence-corrected chi connectivity index (χ4v) is 0. The van der Waals surface area contributed by atoms with Gasteiger partial charge in [0.15, 0.2) is 0 Å². The van der Waals surface area contributed by atoms with Crippen molar-refractivity contribution in [3.63, 3.8) is 0 Å². The standard InChI is InChI=1S/CH3.V.22Y/h1H3;;;;;;;;;;;;;;;;;;;;;;;/q-1;;;;;;;;;;;;;;;;;;;;;;;. The Morgan fingerprint density at radius 1 is 0.125 bits per heavy atom. The van der Waals surface area contributed by atoms with Crippen molar-refractivity contribution < 1.29 is 738 Å². The van der Waals surface area contributed by atoms with Gasteiger partial charge < -0.3 is 7.43 Å². The van der Waals surface area contributed by atoms with E-state index in [9.17, 15) is 0 Å². The SMILES string of the molecule is [CH3-].[V].[Y].[Y].[Y].[Y].[Y].[Y].[Y].[Y].[Y].[Y].[Y].[Y].[Y].[Y].[Y].[Y].[Y].[Y].[Y].[Y].[Y].[Y]. The van der Waals surface area contributed by atoms with Crippen LogP contribution in [0.1, 0.15) is 0 Å². The second-order valence-corrected chi connectivity index (χ2v) is 0. The molecule has 0 saturated heterocycles. The molecule has 0 heterocycles. The topological polar surface area (TPSA) is 0 Å². The predicted molar refractivity (Wildman–Crippen MR) is 6.41 cm³/mol. The number of hydrogen-bond donors (Lipinski definition) is 0. The second kappa shape index (κ2) is 170. The molecule has 0 fully saturated rings. The molecule has 24 heavy (non-hydrogen) atoms. The van der Waals surface area contributed by atoms with Gasteiger partial charge in [-0.1, -0.05) is 0 Å². The molecule has 23 radical (unpaired) electrons. The van der Waals surface area contributed by atoms with Gasteiger partial charge in [-0.05, 0) is 0 Å². The summed E-state index contributed by atoms with van der Waals surface area (Å²) in [7, 11) is 0. The zero-order valence-electron chi connectivity index (χ0n) is 14.1. The first-order valence-electron chi connectivity index (χ1n) is 0. The fourth-order valence-electron chi connectivity index (χ4n) is 0. The van der Waals surface area contributed by atoms with E-state index in [1.165, 1.54) is 0 Å². The second-order valence-electron chi connectivity index (χ2n) is 0. The minimum absolute atomic E-state index is 0. The summed E-state index contributed by atoms with van der Waals surface area (Å²) in [6.07, 6.45) is 0. The first-order chi connectivity index (χ1) is 0. The van der Waals surface area contributed by atoms with Crippen molar-refractivity contribution in [1.29, 1.82) is 0 Å². The maximum absolute atomic E-state index is 0. The Morgan fingerprint density at radius 2 is 0.125 bits per heavy atom. The van der Waals surface area contributed by atoms with E-state index in [-0.39, 0.29) is 746 Å². The molecule has 0 aliphatic carbocycles. The molecular weight excluding hydrogens is 2020 g/mol. The Kier molecular flexibility index (Phi) is 1280. The van der Waals surface area contributed by atoms with E-state index in [0.29, 0.717) is 0 Å². The van der Waals surface area contributed by atoms with Crippen LogP contribution in [0, 0.1) is 7.43 Å². The van der Waals surface area contributed by atoms with Crippen LogP contribution >= 0.6 is 0 Å². The van der Waals surface area contributed by atoms with Gasteiger partial charge in [0.1, 0.15) is 0 Å². The van der Waals surface area contributed by atoms with Crippen molar-refractivity contribution in [3.8, 4) is 0 Å². The molecule has 0 atom stereocenters. The average molecular weight is 2020 g/mol. The number of hydrogen-bond acceptors (Lipinski definition) is 0. The van der Waals surface area contributed by atoms with E-state index in [1.54, 1.807) is 0 Å². The molecule has 0 unspecified atom stereocenters. The van der Waals surface area contributed by atoms with Gasteiger partial charge in [0, 0.05) is 738 Å². The van der Waals surface area contributed by atoms with Crippen molar-refractivity contribution in [3.05, 3.63) is 7.43 Å². The molecule has 23 heteroatoms. The molecule has 0 aromatic carbocycles. The van der Waals surface area contributed by atoms with Crippen LogP contribution in [0.2, 0.25) is 0 Å². The van der Waals surface area contributed by atoms with Gasteiger partial charge in [-0.2, -0.15) is 0 Å². The van der Waals surface area contributed by atoms with Gasteiger partial charge >= 0.3 is 0 Å². The smallest absolute Gasteiger partial charge is 0 e. The maximum atomic E-state index is 0. The Hall–Kier alpha value is 24.9. The molecule has 0 aliphatic heterocycles. The average Bonchev–Trinajstić information content (AvgIpc) is 0. The maximum Gasteiger partial charge on any atom is 0 e. The van der Waals surface area contributed by atoms with Crippen molar-refractivity contribution >= 4 is 0 Å². The Morgan fingerprint density at radius 3 is 0.125 bits per heavy atom. The zero-order valence-corrected chi connectivity index (χ0v) is 78.0. The number of rotatable bonds is 0. The third-order valence-electron chi connectivity index (χ3n) is 0. The van der Waals surface area contributed by atoms with Gasteiger partial charge in [-0.3, -0.25) is 0 Å². The zero-order chi connectivity index (χ0) is 0. The van der Waals surface area contributed by atoms with Gasteiger partial charge in [0.2, 0.25) is 0 Å². The summed E-state index contributed by atoms with van der Waals surface area (Å²) in [6, 6.07) is 0. The summed E-state index contributed by atoms with van der Waals surface area (Å²) in [5.74, 6) is 0. The monoisotopic (exact) mass is 2020 g/mol. The fraction of sp³-hybridized carbons (Fsp3) is 0. The van der Waals surface area contributed by atoms with Crippen LogP contribution in [0.4, 0.5) is 0 Å². The first-order valence-corrected chi connectivity index (χ1v) is 0. The molecule has 0 aromatic rings. The summed E-state index contributed by atoms with van der Waals surface area (Å²) in [6.45, 7) is 0. The van der Waals surface area contributed by atoms with Gasteiger partial charge in [0.05, 0.1) is 0 Å². The first kappa shape index (κ1) is 181. The summed E-state index contributed by atoms with van der Waals surface area (Å²) in [5.41, 5.74) is 0. The molecule has 0 amide bonds. The Balaban J connectivity index is 0. The molecule has 0 rings (SSSR count).